The number of likely N-dealkylation sites (tertiary alicyclic amines) is 1. The molecule has 12 heteroatoms. The van der Waals surface area contributed by atoms with Crippen LogP contribution in [0.25, 0.3) is 0 Å². The summed E-state index contributed by atoms with van der Waals surface area (Å²) < 4.78 is 11.8. The Morgan fingerprint density at radius 3 is 2.59 bits per heavy atom. The number of fused-ring (bicyclic) bond motifs is 1. The fourth-order valence-corrected chi connectivity index (χ4v) is 6.20. The van der Waals surface area contributed by atoms with Crippen molar-refractivity contribution < 1.29 is 23.9 Å². The monoisotopic (exact) mass is 572 g/mol. The Morgan fingerprint density at radius 1 is 1.35 bits per heavy atom. The lowest BCUT2D eigenvalue weighted by Gasteiger charge is -2.37. The molecular formula is C22H33BrN4O5SSi. The van der Waals surface area contributed by atoms with Crippen LogP contribution in [0.4, 0.5) is 9.59 Å². The van der Waals surface area contributed by atoms with Crippen LogP contribution in [0.1, 0.15) is 25.6 Å². The standard InChI is InChI=1S/C22H33BrN4O5SSi/c1-21(2,3)32-19(29)24-18-25-22(16-10-14(23)12-33-16)13-27(11-15(22)17(28)26(18)4)20(30)31-8-9-34(5,6)7/h10,12,15H,8-9,11,13H2,1-7H3,(H,24,25,29)/t15?,22-/m0/s1. The molecule has 2 atom stereocenters. The van der Waals surface area contributed by atoms with Gasteiger partial charge in [-0.15, -0.1) is 11.3 Å². The fourth-order valence-electron chi connectivity index (χ4n) is 3.86. The van der Waals surface area contributed by atoms with Crippen molar-refractivity contribution in [2.45, 2.75) is 57.6 Å². The quantitative estimate of drug-likeness (QED) is 0.536. The summed E-state index contributed by atoms with van der Waals surface area (Å²) in [4.78, 5) is 47.4. The molecule has 3 heterocycles. The number of rotatable bonds is 4. The number of carbonyl (C=O) groups excluding carboxylic acids is 3. The number of nitrogens with zero attached hydrogens (tertiary/aromatic N) is 3. The molecule has 9 nitrogen and oxygen atoms in total. The summed E-state index contributed by atoms with van der Waals surface area (Å²) in [6.07, 6.45) is -1.15. The van der Waals surface area contributed by atoms with E-state index in [1.165, 1.54) is 16.2 Å². The van der Waals surface area contributed by atoms with Crippen molar-refractivity contribution in [2.24, 2.45) is 10.9 Å². The van der Waals surface area contributed by atoms with Crippen LogP contribution in [0.2, 0.25) is 25.7 Å². The minimum Gasteiger partial charge on any atom is -0.450 e. The van der Waals surface area contributed by atoms with Crippen LogP contribution in [-0.4, -0.2) is 74.3 Å². The van der Waals surface area contributed by atoms with Crippen molar-refractivity contribution >= 4 is 59.4 Å². The van der Waals surface area contributed by atoms with Gasteiger partial charge in [-0.3, -0.25) is 15.0 Å². The van der Waals surface area contributed by atoms with Gasteiger partial charge in [0.25, 0.3) is 0 Å². The lowest BCUT2D eigenvalue weighted by molar-refractivity contribution is -0.132. The fraction of sp³-hybridized carbons (Fsp3) is 0.636. The first-order valence-electron chi connectivity index (χ1n) is 11.1. The third-order valence-electron chi connectivity index (χ3n) is 5.61. The van der Waals surface area contributed by atoms with E-state index < -0.39 is 37.3 Å². The zero-order chi connectivity index (χ0) is 25.5. The van der Waals surface area contributed by atoms with Crippen LogP contribution in [0, 0.1) is 5.92 Å². The lowest BCUT2D eigenvalue weighted by Crippen LogP contribution is -2.56. The summed E-state index contributed by atoms with van der Waals surface area (Å²) in [6.45, 7) is 12.7. The van der Waals surface area contributed by atoms with E-state index in [4.69, 9.17) is 14.5 Å². The molecule has 0 aliphatic carbocycles. The molecule has 1 fully saturated rings. The van der Waals surface area contributed by atoms with E-state index in [-0.39, 0.29) is 25.0 Å². The van der Waals surface area contributed by atoms with Gasteiger partial charge in [-0.1, -0.05) is 19.6 Å². The predicted octanol–water partition coefficient (Wildman–Crippen LogP) is 4.47. The zero-order valence-electron chi connectivity index (χ0n) is 20.7. The van der Waals surface area contributed by atoms with Gasteiger partial charge in [0.2, 0.25) is 11.9 Å². The topological polar surface area (TPSA) is 101 Å². The molecular weight excluding hydrogens is 540 g/mol. The molecule has 3 rings (SSSR count). The minimum atomic E-state index is -1.36. The number of halogens is 1. The van der Waals surface area contributed by atoms with Crippen molar-refractivity contribution in [3.63, 3.8) is 0 Å². The van der Waals surface area contributed by atoms with Gasteiger partial charge in [0.15, 0.2) is 0 Å². The van der Waals surface area contributed by atoms with E-state index in [2.05, 4.69) is 40.9 Å². The predicted molar refractivity (Wildman–Crippen MR) is 138 cm³/mol. The number of thiophene rings is 1. The molecule has 2 aliphatic heterocycles. The molecule has 2 aliphatic rings. The van der Waals surface area contributed by atoms with Crippen molar-refractivity contribution in [2.75, 3.05) is 26.7 Å². The third kappa shape index (κ3) is 6.00. The van der Waals surface area contributed by atoms with Crippen LogP contribution < -0.4 is 5.32 Å². The SMILES string of the molecule is CN1C(=O)C2CN(C(=O)OCC[Si](C)(C)C)C[C@]2(c2cc(Br)cs2)N=C1NC(=O)OC(C)(C)C. The van der Waals surface area contributed by atoms with E-state index in [0.29, 0.717) is 6.61 Å². The second-order valence-electron chi connectivity index (χ2n) is 10.9. The molecule has 0 spiro atoms. The Bertz CT molecular complexity index is 1000. The highest BCUT2D eigenvalue weighted by molar-refractivity contribution is 9.10. The van der Waals surface area contributed by atoms with Crippen LogP contribution in [0.3, 0.4) is 0 Å². The molecule has 1 unspecified atom stereocenters. The Labute approximate surface area is 214 Å². The van der Waals surface area contributed by atoms with Crippen LogP contribution in [0.15, 0.2) is 20.9 Å². The van der Waals surface area contributed by atoms with Gasteiger partial charge in [-0.05, 0) is 48.8 Å². The average molecular weight is 574 g/mol. The van der Waals surface area contributed by atoms with Gasteiger partial charge >= 0.3 is 12.2 Å². The van der Waals surface area contributed by atoms with Gasteiger partial charge in [0.05, 0.1) is 19.1 Å². The van der Waals surface area contributed by atoms with E-state index in [0.717, 1.165) is 15.4 Å². The van der Waals surface area contributed by atoms with Crippen molar-refractivity contribution in [1.82, 2.24) is 15.1 Å². The number of aliphatic imine (C=N–C) groups is 1. The molecule has 3 amide bonds. The first-order valence-corrected chi connectivity index (χ1v) is 16.5. The Balaban J connectivity index is 1.91. The number of alkyl carbamates (subject to hydrolysis) is 1. The summed E-state index contributed by atoms with van der Waals surface area (Å²) in [5.41, 5.74) is -1.73. The Morgan fingerprint density at radius 2 is 2.03 bits per heavy atom. The number of guanidine groups is 1. The number of nitrogens with one attached hydrogen (secondary N) is 1. The normalized spacial score (nSPS) is 22.9. The summed E-state index contributed by atoms with van der Waals surface area (Å²) >= 11 is 4.93. The molecule has 1 N–H and O–H groups in total. The van der Waals surface area contributed by atoms with Crippen molar-refractivity contribution in [3.8, 4) is 0 Å². The molecule has 1 aromatic heterocycles. The number of amides is 3. The second-order valence-corrected chi connectivity index (χ2v) is 18.3. The van der Waals surface area contributed by atoms with E-state index in [1.807, 2.05) is 11.4 Å². The highest BCUT2D eigenvalue weighted by Crippen LogP contribution is 2.47. The summed E-state index contributed by atoms with van der Waals surface area (Å²) in [7, 11) is 0.202. The first kappa shape index (κ1) is 26.7. The summed E-state index contributed by atoms with van der Waals surface area (Å²) in [6, 6.07) is 2.77. The van der Waals surface area contributed by atoms with E-state index >= 15 is 0 Å². The largest absolute Gasteiger partial charge is 0.450 e. The van der Waals surface area contributed by atoms with Crippen molar-refractivity contribution in [1.29, 1.82) is 0 Å². The molecule has 0 aromatic carbocycles. The first-order chi connectivity index (χ1) is 15.6. The summed E-state index contributed by atoms with van der Waals surface area (Å²) in [5, 5.41) is 4.53. The van der Waals surface area contributed by atoms with Crippen LogP contribution in [-0.2, 0) is 19.8 Å². The molecule has 34 heavy (non-hydrogen) atoms. The smallest absolute Gasteiger partial charge is 0.414 e. The number of ether oxygens (including phenoxy) is 2. The van der Waals surface area contributed by atoms with Crippen LogP contribution in [0.5, 0.6) is 0 Å². The van der Waals surface area contributed by atoms with Gasteiger partial charge in [-0.2, -0.15) is 0 Å². The average Bonchev–Trinajstić information content (AvgIpc) is 3.28. The maximum Gasteiger partial charge on any atom is 0.414 e. The minimum absolute atomic E-state index is 0.0916. The molecule has 0 bridgehead atoms. The second kappa shape index (κ2) is 9.61. The van der Waals surface area contributed by atoms with Crippen molar-refractivity contribution in [3.05, 3.63) is 20.8 Å². The molecule has 188 valence electrons. The molecule has 1 aromatic rings. The Kier molecular flexibility index (Phi) is 7.54. The van der Waals surface area contributed by atoms with Gasteiger partial charge in [0, 0.05) is 36.4 Å². The number of carbonyl (C=O) groups is 3. The molecule has 0 saturated carbocycles. The maximum atomic E-state index is 13.5. The highest BCUT2D eigenvalue weighted by Gasteiger charge is 2.58. The van der Waals surface area contributed by atoms with E-state index in [1.54, 1.807) is 32.7 Å². The number of hydrogen-bond acceptors (Lipinski definition) is 7. The summed E-state index contributed by atoms with van der Waals surface area (Å²) in [5.74, 6) is -0.742. The molecule has 0 radical (unpaired) electrons. The van der Waals surface area contributed by atoms with Crippen LogP contribution >= 0.6 is 27.3 Å². The van der Waals surface area contributed by atoms with E-state index in [9.17, 15) is 14.4 Å². The van der Waals surface area contributed by atoms with Gasteiger partial charge < -0.3 is 14.4 Å². The van der Waals surface area contributed by atoms with Gasteiger partial charge in [0.1, 0.15) is 11.1 Å². The maximum absolute atomic E-state index is 13.5. The lowest BCUT2D eigenvalue weighted by atomic mass is 9.84. The van der Waals surface area contributed by atoms with Gasteiger partial charge in [-0.25, -0.2) is 14.6 Å². The third-order valence-corrected chi connectivity index (χ3v) is 9.17. The Hall–Kier alpha value is -1.92. The zero-order valence-corrected chi connectivity index (χ0v) is 24.1. The molecule has 1 saturated heterocycles. The highest BCUT2D eigenvalue weighted by atomic mass is 79.9. The number of hydrogen-bond donors (Lipinski definition) is 1.